The summed E-state index contributed by atoms with van der Waals surface area (Å²) >= 11 is 1.28. The topological polar surface area (TPSA) is 55.1 Å². The number of piperazine rings is 1. The fourth-order valence-electron chi connectivity index (χ4n) is 2.87. The van der Waals surface area contributed by atoms with Gasteiger partial charge in [0, 0.05) is 63.2 Å². The molecule has 6 nitrogen and oxygen atoms in total. The molecule has 22 heavy (non-hydrogen) atoms. The smallest absolute Gasteiger partial charge is 0.307 e. The fraction of sp³-hybridized carbons (Fsp3) is 0.571. The van der Waals surface area contributed by atoms with Crippen LogP contribution in [0.15, 0.2) is 22.6 Å². The van der Waals surface area contributed by atoms with Gasteiger partial charge in [0.15, 0.2) is 0 Å². The summed E-state index contributed by atoms with van der Waals surface area (Å²) in [7, 11) is 2.03. The lowest BCUT2D eigenvalue weighted by molar-refractivity contribution is 0.147. The molecular formula is C14H22ClN5OS. The molecule has 1 unspecified atom stereocenters. The van der Waals surface area contributed by atoms with Gasteiger partial charge in [0.05, 0.1) is 6.04 Å². The zero-order chi connectivity index (χ0) is 14.8. The van der Waals surface area contributed by atoms with Gasteiger partial charge in [0.25, 0.3) is 0 Å². The van der Waals surface area contributed by atoms with E-state index in [9.17, 15) is 4.79 Å². The normalized spacial score (nSPS) is 19.1. The quantitative estimate of drug-likeness (QED) is 0.900. The van der Waals surface area contributed by atoms with Crippen molar-refractivity contribution in [2.75, 3.05) is 26.2 Å². The Bertz CT molecular complexity index is 664. The summed E-state index contributed by atoms with van der Waals surface area (Å²) in [6, 6.07) is 0.272. The van der Waals surface area contributed by atoms with Gasteiger partial charge >= 0.3 is 4.87 Å². The average Bonchev–Trinajstić information content (AvgIpc) is 3.04. The molecule has 0 radical (unpaired) electrons. The van der Waals surface area contributed by atoms with Crippen LogP contribution in [0, 0.1) is 6.92 Å². The molecule has 1 atom stereocenters. The van der Waals surface area contributed by atoms with Crippen molar-refractivity contribution in [1.29, 1.82) is 0 Å². The molecule has 0 amide bonds. The van der Waals surface area contributed by atoms with E-state index >= 15 is 0 Å². The van der Waals surface area contributed by atoms with Crippen LogP contribution in [-0.4, -0.2) is 45.2 Å². The third-order valence-corrected chi connectivity index (χ3v) is 4.98. The van der Waals surface area contributed by atoms with E-state index in [1.807, 2.05) is 36.3 Å². The number of nitrogens with one attached hydrogen (secondary N) is 1. The highest BCUT2D eigenvalue weighted by atomic mass is 35.5. The lowest BCUT2D eigenvalue weighted by Gasteiger charge is -2.35. The summed E-state index contributed by atoms with van der Waals surface area (Å²) in [5, 5.41) is 5.36. The van der Waals surface area contributed by atoms with Crippen LogP contribution < -0.4 is 10.2 Å². The van der Waals surface area contributed by atoms with Crippen LogP contribution in [0.1, 0.15) is 17.6 Å². The van der Waals surface area contributed by atoms with Gasteiger partial charge in [-0.3, -0.25) is 9.69 Å². The second-order valence-corrected chi connectivity index (χ2v) is 6.27. The molecule has 3 heterocycles. The van der Waals surface area contributed by atoms with Gasteiger partial charge in [-0.05, 0) is 6.92 Å². The molecule has 1 aliphatic heterocycles. The second kappa shape index (κ2) is 7.41. The van der Waals surface area contributed by atoms with E-state index < -0.39 is 0 Å². The number of hydrogen-bond donors (Lipinski definition) is 1. The first-order chi connectivity index (χ1) is 10.2. The van der Waals surface area contributed by atoms with Gasteiger partial charge < -0.3 is 14.5 Å². The van der Waals surface area contributed by atoms with Gasteiger partial charge in [-0.15, -0.1) is 12.4 Å². The Morgan fingerprint density at radius 2 is 2.27 bits per heavy atom. The van der Waals surface area contributed by atoms with Gasteiger partial charge in [0.1, 0.15) is 5.82 Å². The third-order valence-electron chi connectivity index (χ3n) is 4.10. The molecule has 2 aromatic heterocycles. The molecule has 8 heteroatoms. The number of nitrogens with zero attached hydrogens (tertiary/aromatic N) is 4. The Labute approximate surface area is 140 Å². The molecule has 1 fully saturated rings. The predicted molar refractivity (Wildman–Crippen MR) is 91.0 cm³/mol. The maximum atomic E-state index is 11.8. The van der Waals surface area contributed by atoms with E-state index in [0.29, 0.717) is 0 Å². The van der Waals surface area contributed by atoms with Crippen molar-refractivity contribution in [2.45, 2.75) is 19.5 Å². The molecule has 0 bridgehead atoms. The number of aryl methyl sites for hydroxylation is 2. The van der Waals surface area contributed by atoms with Crippen molar-refractivity contribution < 1.29 is 0 Å². The first-order valence-corrected chi connectivity index (χ1v) is 8.11. The maximum Gasteiger partial charge on any atom is 0.307 e. The highest BCUT2D eigenvalue weighted by Crippen LogP contribution is 2.20. The summed E-state index contributed by atoms with van der Waals surface area (Å²) in [6.45, 7) is 6.48. The number of thiazole rings is 1. The van der Waals surface area contributed by atoms with Crippen molar-refractivity contribution in [2.24, 2.45) is 7.05 Å². The van der Waals surface area contributed by atoms with Crippen molar-refractivity contribution in [3.63, 3.8) is 0 Å². The van der Waals surface area contributed by atoms with Crippen LogP contribution in [0.5, 0.6) is 0 Å². The number of halogens is 1. The second-order valence-electron chi connectivity index (χ2n) is 5.45. The molecule has 0 spiro atoms. The monoisotopic (exact) mass is 343 g/mol. The molecule has 1 aliphatic rings. The Hall–Kier alpha value is -1.15. The van der Waals surface area contributed by atoms with Crippen molar-refractivity contribution in [3.8, 4) is 0 Å². The van der Waals surface area contributed by atoms with Crippen LogP contribution in [0.2, 0.25) is 0 Å². The fourth-order valence-corrected chi connectivity index (χ4v) is 3.63. The maximum absolute atomic E-state index is 11.8. The molecule has 2 aromatic rings. The van der Waals surface area contributed by atoms with E-state index in [1.165, 1.54) is 11.3 Å². The number of imidazole rings is 1. The highest BCUT2D eigenvalue weighted by molar-refractivity contribution is 7.07. The van der Waals surface area contributed by atoms with Crippen LogP contribution in [0.25, 0.3) is 0 Å². The van der Waals surface area contributed by atoms with E-state index in [1.54, 1.807) is 0 Å². The minimum Gasteiger partial charge on any atom is -0.337 e. The van der Waals surface area contributed by atoms with Crippen LogP contribution in [0.4, 0.5) is 0 Å². The summed E-state index contributed by atoms with van der Waals surface area (Å²) in [6.07, 6.45) is 3.82. The number of hydrogen-bond acceptors (Lipinski definition) is 5. The molecule has 3 rings (SSSR count). The predicted octanol–water partition coefficient (Wildman–Crippen LogP) is 1.02. The van der Waals surface area contributed by atoms with E-state index in [-0.39, 0.29) is 23.3 Å². The standard InChI is InChI=1S/C14H21N5OS.ClH/c1-11-10-21-14(20)19(11)8-7-18-6-3-15-9-12(18)13-16-4-5-17(13)2;/h4-5,10,12,15H,3,6-9H2,1-2H3;1H. The Morgan fingerprint density at radius 3 is 2.91 bits per heavy atom. The lowest BCUT2D eigenvalue weighted by Crippen LogP contribution is -2.48. The van der Waals surface area contributed by atoms with E-state index in [4.69, 9.17) is 0 Å². The van der Waals surface area contributed by atoms with Gasteiger partial charge in [-0.2, -0.15) is 0 Å². The van der Waals surface area contributed by atoms with Crippen LogP contribution in [-0.2, 0) is 13.6 Å². The molecule has 0 saturated carbocycles. The summed E-state index contributed by atoms with van der Waals surface area (Å²) in [5.41, 5.74) is 1.05. The van der Waals surface area contributed by atoms with Crippen LogP contribution >= 0.6 is 23.7 Å². The Balaban J connectivity index is 0.00000176. The molecule has 122 valence electrons. The first kappa shape index (κ1) is 17.2. The van der Waals surface area contributed by atoms with E-state index in [2.05, 4.69) is 19.8 Å². The molecule has 0 aliphatic carbocycles. The van der Waals surface area contributed by atoms with Gasteiger partial charge in [-0.25, -0.2) is 4.98 Å². The van der Waals surface area contributed by atoms with Gasteiger partial charge in [-0.1, -0.05) is 11.3 Å². The molecule has 1 N–H and O–H groups in total. The summed E-state index contributed by atoms with van der Waals surface area (Å²) in [4.78, 5) is 18.9. The van der Waals surface area contributed by atoms with Crippen molar-refractivity contribution >= 4 is 23.7 Å². The zero-order valence-corrected chi connectivity index (χ0v) is 14.5. The largest absolute Gasteiger partial charge is 0.337 e. The Kier molecular flexibility index (Phi) is 5.80. The minimum atomic E-state index is 0. The number of aromatic nitrogens is 3. The summed E-state index contributed by atoms with van der Waals surface area (Å²) < 4.78 is 3.94. The lowest BCUT2D eigenvalue weighted by atomic mass is 10.1. The third kappa shape index (κ3) is 3.43. The molecule has 1 saturated heterocycles. The molecule has 0 aromatic carbocycles. The SMILES string of the molecule is Cc1csc(=O)n1CCN1CCNCC1c1nccn1C.Cl. The van der Waals surface area contributed by atoms with E-state index in [0.717, 1.165) is 44.2 Å². The van der Waals surface area contributed by atoms with Crippen molar-refractivity contribution in [1.82, 2.24) is 24.3 Å². The average molecular weight is 344 g/mol. The zero-order valence-electron chi connectivity index (χ0n) is 12.9. The highest BCUT2D eigenvalue weighted by Gasteiger charge is 2.26. The first-order valence-electron chi connectivity index (χ1n) is 7.23. The minimum absolute atomic E-state index is 0. The Morgan fingerprint density at radius 1 is 1.45 bits per heavy atom. The number of rotatable bonds is 4. The summed E-state index contributed by atoms with van der Waals surface area (Å²) in [5.74, 6) is 1.08. The van der Waals surface area contributed by atoms with Crippen molar-refractivity contribution in [3.05, 3.63) is 39.0 Å². The van der Waals surface area contributed by atoms with Gasteiger partial charge in [0.2, 0.25) is 0 Å². The van der Waals surface area contributed by atoms with Crippen LogP contribution in [0.3, 0.4) is 0 Å². The molecular weight excluding hydrogens is 322 g/mol.